The molecule has 1 spiro atoms. The number of rotatable bonds is 8. The molecule has 0 fully saturated rings. The maximum atomic E-state index is 6.43. The Labute approximate surface area is 357 Å². The van der Waals surface area contributed by atoms with E-state index in [-0.39, 0.29) is 0 Å². The van der Waals surface area contributed by atoms with Crippen molar-refractivity contribution in [2.24, 2.45) is 0 Å². The van der Waals surface area contributed by atoms with E-state index in [1.165, 1.54) is 44.5 Å². The maximum Gasteiger partial charge on any atom is 0.126 e. The highest BCUT2D eigenvalue weighted by Crippen LogP contribution is 2.64. The summed E-state index contributed by atoms with van der Waals surface area (Å²) in [5.74, 6) is 3.18. The van der Waals surface area contributed by atoms with Crippen LogP contribution in [0, 0.1) is 0 Å². The van der Waals surface area contributed by atoms with Crippen molar-refractivity contribution in [2.45, 2.75) is 12.3 Å². The van der Waals surface area contributed by atoms with Gasteiger partial charge in [-0.3, -0.25) is 0 Å². The van der Waals surface area contributed by atoms with Crippen LogP contribution in [0.5, 0.6) is 17.2 Å². The molecular weight excluding hydrogens is 751 g/mol. The first-order valence-electron chi connectivity index (χ1n) is 20.5. The Morgan fingerprint density at radius 2 is 0.984 bits per heavy atom. The molecular formula is C56H45NO4. The van der Waals surface area contributed by atoms with Crippen LogP contribution in [0.15, 0.2) is 188 Å². The van der Waals surface area contributed by atoms with E-state index in [2.05, 4.69) is 158 Å². The Balaban J connectivity index is 1.32. The second kappa shape index (κ2) is 15.3. The second-order valence-electron chi connectivity index (χ2n) is 15.6. The number of fused-ring (bicyclic) bond motifs is 13. The number of hydrogen-bond donors (Lipinski definition) is 0. The van der Waals surface area contributed by atoms with Gasteiger partial charge in [0.15, 0.2) is 0 Å². The predicted octanol–water partition coefficient (Wildman–Crippen LogP) is 12.9. The Hall–Kier alpha value is -7.50. The average Bonchev–Trinajstić information content (AvgIpc) is 3.79. The second-order valence-corrected chi connectivity index (χ2v) is 15.6. The molecule has 61 heavy (non-hydrogen) atoms. The van der Waals surface area contributed by atoms with E-state index in [1.807, 2.05) is 36.4 Å². The van der Waals surface area contributed by atoms with Crippen molar-refractivity contribution >= 4 is 22.6 Å². The number of ether oxygens (including phenoxy) is 4. The van der Waals surface area contributed by atoms with Gasteiger partial charge in [0, 0.05) is 34.8 Å². The number of hydrogen-bond acceptors (Lipinski definition) is 5. The quantitative estimate of drug-likeness (QED) is 0.153. The van der Waals surface area contributed by atoms with E-state index in [1.54, 1.807) is 28.4 Å². The highest BCUT2D eigenvalue weighted by atomic mass is 16.5. The van der Waals surface area contributed by atoms with Crippen molar-refractivity contribution in [3.63, 3.8) is 0 Å². The molecule has 5 nitrogen and oxygen atoms in total. The first kappa shape index (κ1) is 37.7. The van der Waals surface area contributed by atoms with E-state index in [0.29, 0.717) is 0 Å². The molecule has 0 saturated carbocycles. The predicted molar refractivity (Wildman–Crippen MR) is 248 cm³/mol. The summed E-state index contributed by atoms with van der Waals surface area (Å²) in [5.41, 5.74) is 17.7. The molecule has 2 aliphatic carbocycles. The molecule has 3 aliphatic rings. The lowest BCUT2D eigenvalue weighted by Gasteiger charge is -2.32. The lowest BCUT2D eigenvalue weighted by molar-refractivity contribution is 0.370. The molecule has 0 radical (unpaired) electrons. The summed E-state index contributed by atoms with van der Waals surface area (Å²) in [5, 5.41) is 0. The number of allylic oxidation sites excluding steroid dienone is 4. The molecule has 2 bridgehead atoms. The smallest absolute Gasteiger partial charge is 0.126 e. The van der Waals surface area contributed by atoms with Gasteiger partial charge in [-0.1, -0.05) is 115 Å². The molecule has 0 unspecified atom stereocenters. The topological polar surface area (TPSA) is 40.2 Å². The Morgan fingerprint density at radius 3 is 1.51 bits per heavy atom. The summed E-state index contributed by atoms with van der Waals surface area (Å²) in [6, 6.07) is 56.3. The molecule has 0 atom stereocenters. The average molecular weight is 796 g/mol. The summed E-state index contributed by atoms with van der Waals surface area (Å²) in [4.78, 5) is 2.30. The van der Waals surface area contributed by atoms with Crippen molar-refractivity contribution < 1.29 is 18.9 Å². The fourth-order valence-corrected chi connectivity index (χ4v) is 9.60. The van der Waals surface area contributed by atoms with E-state index >= 15 is 0 Å². The third kappa shape index (κ3) is 6.07. The summed E-state index contributed by atoms with van der Waals surface area (Å²) >= 11 is 0. The molecule has 7 aromatic carbocycles. The largest absolute Gasteiger partial charge is 0.497 e. The van der Waals surface area contributed by atoms with E-state index in [9.17, 15) is 0 Å². The first-order valence-corrected chi connectivity index (χ1v) is 20.5. The molecule has 1 heterocycles. The van der Waals surface area contributed by atoms with Crippen LogP contribution in [-0.2, 0) is 10.2 Å². The van der Waals surface area contributed by atoms with Crippen LogP contribution in [0.4, 0.5) is 5.69 Å². The van der Waals surface area contributed by atoms with Gasteiger partial charge in [0.2, 0.25) is 0 Å². The van der Waals surface area contributed by atoms with Crippen LogP contribution in [-0.4, -0.2) is 28.4 Å². The summed E-state index contributed by atoms with van der Waals surface area (Å²) in [7, 11) is 6.87. The minimum Gasteiger partial charge on any atom is -0.497 e. The molecule has 10 rings (SSSR count). The van der Waals surface area contributed by atoms with Crippen LogP contribution in [0.1, 0.15) is 51.4 Å². The molecule has 7 aromatic rings. The van der Waals surface area contributed by atoms with Crippen molar-refractivity contribution in [1.29, 1.82) is 0 Å². The lowest BCUT2D eigenvalue weighted by atomic mass is 9.70. The molecule has 0 amide bonds. The Kier molecular flexibility index (Phi) is 9.45. The lowest BCUT2D eigenvalue weighted by Crippen LogP contribution is -2.26. The zero-order chi connectivity index (χ0) is 41.7. The first-order chi connectivity index (χ1) is 30.0. The Morgan fingerprint density at radius 1 is 0.492 bits per heavy atom. The highest BCUT2D eigenvalue weighted by molar-refractivity contribution is 6.00. The third-order valence-electron chi connectivity index (χ3n) is 12.5. The van der Waals surface area contributed by atoms with E-state index in [0.717, 1.165) is 67.7 Å². The minimum atomic E-state index is -0.564. The molecule has 0 aromatic heterocycles. The highest BCUT2D eigenvalue weighted by Gasteiger charge is 2.52. The molecule has 1 aliphatic heterocycles. The standard InChI is InChI=1S/C56H45NO4/c1-36-18-31-54(61-5)47-32-40(33-53-55(47)46-14-8-11-17-52(46)56(53)50-15-9-6-12-44(50)45-13-7-10-16-51(45)56)57(34-48(36)37-19-25-41(58-2)26-20-37)35-49(38-21-27-42(59-3)28-22-38)39-23-29-43(60-4)30-24-39/h6-35H,1-5H3/b36-18+,48-34+,54-31+. The molecule has 5 heteroatoms. The normalized spacial score (nSPS) is 16.6. The summed E-state index contributed by atoms with van der Waals surface area (Å²) in [6.07, 6.45) is 8.83. The fourth-order valence-electron chi connectivity index (χ4n) is 9.60. The maximum absolute atomic E-state index is 6.43. The fraction of sp³-hybridized carbons (Fsp3) is 0.107. The van der Waals surface area contributed by atoms with Gasteiger partial charge in [-0.05, 0) is 128 Å². The van der Waals surface area contributed by atoms with Crippen LogP contribution in [0.25, 0.3) is 39.2 Å². The SMILES string of the molecule is CO/C1=C/C=C(C)/C(c2ccc(OC)cc2)=C\N(C=C(c2ccc(OC)cc2)c2ccc(OC)cc2)c2cc1c1c(c2)C2(c3ccccc3-c3ccccc32)c2ccccc2-1. The van der Waals surface area contributed by atoms with Gasteiger partial charge in [0.25, 0.3) is 0 Å². The van der Waals surface area contributed by atoms with Crippen molar-refractivity contribution in [1.82, 2.24) is 0 Å². The van der Waals surface area contributed by atoms with Crippen LogP contribution < -0.4 is 19.1 Å². The summed E-state index contributed by atoms with van der Waals surface area (Å²) < 4.78 is 23.2. The molecule has 0 saturated heterocycles. The van der Waals surface area contributed by atoms with Crippen molar-refractivity contribution in [2.75, 3.05) is 33.3 Å². The van der Waals surface area contributed by atoms with Crippen molar-refractivity contribution in [3.05, 3.63) is 232 Å². The van der Waals surface area contributed by atoms with Crippen LogP contribution in [0.3, 0.4) is 0 Å². The molecule has 0 N–H and O–H groups in total. The third-order valence-corrected chi connectivity index (χ3v) is 12.5. The van der Waals surface area contributed by atoms with Gasteiger partial charge < -0.3 is 23.8 Å². The molecule has 298 valence electrons. The van der Waals surface area contributed by atoms with Gasteiger partial charge in [0.05, 0.1) is 33.9 Å². The zero-order valence-electron chi connectivity index (χ0n) is 34.9. The number of methoxy groups -OCH3 is 4. The minimum absolute atomic E-state index is 0.564. The van der Waals surface area contributed by atoms with Gasteiger partial charge >= 0.3 is 0 Å². The van der Waals surface area contributed by atoms with Crippen molar-refractivity contribution in [3.8, 4) is 39.5 Å². The number of nitrogens with zero attached hydrogens (tertiary/aromatic N) is 1. The Bertz CT molecular complexity index is 2860. The van der Waals surface area contributed by atoms with Gasteiger partial charge in [-0.15, -0.1) is 0 Å². The van der Waals surface area contributed by atoms with Crippen LogP contribution >= 0.6 is 0 Å². The number of benzene rings is 7. The monoisotopic (exact) mass is 795 g/mol. The van der Waals surface area contributed by atoms with E-state index in [4.69, 9.17) is 18.9 Å². The van der Waals surface area contributed by atoms with E-state index < -0.39 is 5.41 Å². The zero-order valence-corrected chi connectivity index (χ0v) is 34.9. The van der Waals surface area contributed by atoms with Gasteiger partial charge in [0.1, 0.15) is 23.0 Å². The van der Waals surface area contributed by atoms with Gasteiger partial charge in [-0.2, -0.15) is 0 Å². The van der Waals surface area contributed by atoms with Crippen LogP contribution in [0.2, 0.25) is 0 Å². The van der Waals surface area contributed by atoms with Gasteiger partial charge in [-0.25, -0.2) is 0 Å². The number of anilines is 1. The summed E-state index contributed by atoms with van der Waals surface area (Å²) in [6.45, 7) is 2.16.